The highest BCUT2D eigenvalue weighted by atomic mass is 19.1. The minimum atomic E-state index is -0.335. The number of piperazine rings is 1. The Balaban J connectivity index is 1.34. The van der Waals surface area contributed by atoms with Crippen LogP contribution in [0.25, 0.3) is 11.4 Å². The Morgan fingerprint density at radius 1 is 1.07 bits per heavy atom. The van der Waals surface area contributed by atoms with Crippen LogP contribution < -0.4 is 0 Å². The largest absolute Gasteiger partial charge is 0.340 e. The van der Waals surface area contributed by atoms with Gasteiger partial charge in [-0.1, -0.05) is 53.7 Å². The molecule has 0 bridgehead atoms. The number of hydrogen-bond donors (Lipinski definition) is 0. The second kappa shape index (κ2) is 8.53. The summed E-state index contributed by atoms with van der Waals surface area (Å²) in [4.78, 5) is 21.1. The quantitative estimate of drug-likeness (QED) is 0.664. The summed E-state index contributed by atoms with van der Waals surface area (Å²) >= 11 is 0. The number of aromatic nitrogens is 2. The SMILES string of the molecule is CC(c1nc(-c2ccccc2)no1)N1CCN(C(=O)Cc2ccccc2F)CC1. The third kappa shape index (κ3) is 4.35. The predicted molar refractivity (Wildman–Crippen MR) is 106 cm³/mol. The third-order valence-electron chi connectivity index (χ3n) is 5.35. The first kappa shape index (κ1) is 19.3. The van der Waals surface area contributed by atoms with Crippen LogP contribution in [0.5, 0.6) is 0 Å². The second-order valence-electron chi connectivity index (χ2n) is 7.18. The van der Waals surface area contributed by atoms with Crippen LogP contribution >= 0.6 is 0 Å². The Labute approximate surface area is 168 Å². The molecule has 3 aromatic rings. The van der Waals surface area contributed by atoms with Gasteiger partial charge in [-0.05, 0) is 18.6 Å². The van der Waals surface area contributed by atoms with Gasteiger partial charge in [0.1, 0.15) is 5.82 Å². The van der Waals surface area contributed by atoms with Crippen molar-refractivity contribution in [3.05, 3.63) is 71.9 Å². The summed E-state index contributed by atoms with van der Waals surface area (Å²) in [6.45, 7) is 4.62. The van der Waals surface area contributed by atoms with Crippen LogP contribution in [0, 0.1) is 5.82 Å². The number of amides is 1. The van der Waals surface area contributed by atoms with Crippen LogP contribution in [-0.4, -0.2) is 52.0 Å². The number of nitrogens with zero attached hydrogens (tertiary/aromatic N) is 4. The number of carbonyl (C=O) groups is 1. The van der Waals surface area contributed by atoms with E-state index in [0.717, 1.165) is 5.56 Å². The highest BCUT2D eigenvalue weighted by molar-refractivity contribution is 5.79. The van der Waals surface area contributed by atoms with Crippen molar-refractivity contribution in [1.29, 1.82) is 0 Å². The number of halogens is 1. The maximum atomic E-state index is 13.8. The minimum absolute atomic E-state index is 0.0382. The Hall–Kier alpha value is -3.06. The average molecular weight is 394 g/mol. The molecule has 0 N–H and O–H groups in total. The fourth-order valence-electron chi connectivity index (χ4n) is 3.54. The van der Waals surface area contributed by atoms with E-state index in [1.807, 2.05) is 37.3 Å². The van der Waals surface area contributed by atoms with Gasteiger partial charge in [-0.25, -0.2) is 4.39 Å². The molecule has 0 aliphatic carbocycles. The standard InChI is InChI=1S/C22H23FN4O2/c1-16(22-24-21(25-29-22)17-7-3-2-4-8-17)26-11-13-27(14-12-26)20(28)15-18-9-5-6-10-19(18)23/h2-10,16H,11-15H2,1H3. The monoisotopic (exact) mass is 394 g/mol. The van der Waals surface area contributed by atoms with Gasteiger partial charge in [0.25, 0.3) is 0 Å². The molecule has 7 heteroatoms. The van der Waals surface area contributed by atoms with Crippen molar-refractivity contribution in [3.8, 4) is 11.4 Å². The first-order valence-corrected chi connectivity index (χ1v) is 9.76. The minimum Gasteiger partial charge on any atom is -0.340 e. The summed E-state index contributed by atoms with van der Waals surface area (Å²) in [7, 11) is 0. The molecular weight excluding hydrogens is 371 g/mol. The van der Waals surface area contributed by atoms with Crippen LogP contribution in [0.4, 0.5) is 4.39 Å². The molecule has 1 unspecified atom stereocenters. The van der Waals surface area contributed by atoms with E-state index in [2.05, 4.69) is 15.0 Å². The van der Waals surface area contributed by atoms with E-state index in [4.69, 9.17) is 4.52 Å². The molecule has 0 saturated carbocycles. The molecule has 150 valence electrons. The van der Waals surface area contributed by atoms with Crippen LogP contribution in [0.2, 0.25) is 0 Å². The molecule has 0 spiro atoms. The van der Waals surface area contributed by atoms with Crippen molar-refractivity contribution in [3.63, 3.8) is 0 Å². The number of carbonyl (C=O) groups excluding carboxylic acids is 1. The van der Waals surface area contributed by atoms with Crippen molar-refractivity contribution < 1.29 is 13.7 Å². The van der Waals surface area contributed by atoms with Crippen molar-refractivity contribution in [2.24, 2.45) is 0 Å². The average Bonchev–Trinajstić information content (AvgIpc) is 3.26. The van der Waals surface area contributed by atoms with E-state index < -0.39 is 0 Å². The van der Waals surface area contributed by atoms with E-state index in [9.17, 15) is 9.18 Å². The van der Waals surface area contributed by atoms with Gasteiger partial charge in [0.05, 0.1) is 12.5 Å². The number of hydrogen-bond acceptors (Lipinski definition) is 5. The molecule has 6 nitrogen and oxygen atoms in total. The molecule has 1 amide bonds. The van der Waals surface area contributed by atoms with Gasteiger partial charge in [-0.3, -0.25) is 9.69 Å². The maximum absolute atomic E-state index is 13.8. The lowest BCUT2D eigenvalue weighted by atomic mass is 10.1. The smallest absolute Gasteiger partial charge is 0.244 e. The van der Waals surface area contributed by atoms with Crippen molar-refractivity contribution >= 4 is 5.91 Å². The molecule has 1 fully saturated rings. The predicted octanol–water partition coefficient (Wildman–Crippen LogP) is 3.32. The summed E-state index contributed by atoms with van der Waals surface area (Å²) in [5.74, 6) is 0.756. The van der Waals surface area contributed by atoms with Gasteiger partial charge >= 0.3 is 0 Å². The number of benzene rings is 2. The zero-order valence-electron chi connectivity index (χ0n) is 16.3. The molecule has 1 aliphatic rings. The molecule has 2 aromatic carbocycles. The van der Waals surface area contributed by atoms with Gasteiger partial charge in [-0.2, -0.15) is 4.98 Å². The van der Waals surface area contributed by atoms with Gasteiger partial charge in [0.2, 0.25) is 17.6 Å². The Morgan fingerprint density at radius 3 is 2.48 bits per heavy atom. The van der Waals surface area contributed by atoms with Crippen molar-refractivity contribution in [2.75, 3.05) is 26.2 Å². The van der Waals surface area contributed by atoms with Gasteiger partial charge in [0, 0.05) is 31.7 Å². The Kier molecular flexibility index (Phi) is 5.67. The van der Waals surface area contributed by atoms with Crippen molar-refractivity contribution in [1.82, 2.24) is 19.9 Å². The summed E-state index contributed by atoms with van der Waals surface area (Å²) in [5, 5.41) is 4.09. The van der Waals surface area contributed by atoms with E-state index >= 15 is 0 Å². The first-order chi connectivity index (χ1) is 14.1. The van der Waals surface area contributed by atoms with E-state index in [-0.39, 0.29) is 24.2 Å². The number of rotatable bonds is 5. The lowest BCUT2D eigenvalue weighted by molar-refractivity contribution is -0.132. The Morgan fingerprint density at radius 2 is 1.76 bits per heavy atom. The Bertz CT molecular complexity index is 968. The molecular formula is C22H23FN4O2. The summed E-state index contributed by atoms with van der Waals surface area (Å²) in [6.07, 6.45) is 0.0896. The van der Waals surface area contributed by atoms with E-state index in [0.29, 0.717) is 43.5 Å². The van der Waals surface area contributed by atoms with Crippen LogP contribution in [0.3, 0.4) is 0 Å². The van der Waals surface area contributed by atoms with Gasteiger partial charge in [0.15, 0.2) is 0 Å². The molecule has 4 rings (SSSR count). The molecule has 2 heterocycles. The van der Waals surface area contributed by atoms with Crippen molar-refractivity contribution in [2.45, 2.75) is 19.4 Å². The molecule has 1 saturated heterocycles. The van der Waals surface area contributed by atoms with Gasteiger partial charge in [-0.15, -0.1) is 0 Å². The highest BCUT2D eigenvalue weighted by Gasteiger charge is 2.28. The molecule has 1 atom stereocenters. The normalized spacial score (nSPS) is 16.0. The van der Waals surface area contributed by atoms with Gasteiger partial charge < -0.3 is 9.42 Å². The van der Waals surface area contributed by atoms with Crippen LogP contribution in [-0.2, 0) is 11.2 Å². The summed E-state index contributed by atoms with van der Waals surface area (Å²) in [5.41, 5.74) is 1.35. The molecule has 29 heavy (non-hydrogen) atoms. The molecule has 1 aromatic heterocycles. The lowest BCUT2D eigenvalue weighted by Crippen LogP contribution is -2.49. The fraction of sp³-hybridized carbons (Fsp3) is 0.318. The lowest BCUT2D eigenvalue weighted by Gasteiger charge is -2.36. The second-order valence-corrected chi connectivity index (χ2v) is 7.18. The summed E-state index contributed by atoms with van der Waals surface area (Å²) in [6, 6.07) is 16.1. The first-order valence-electron chi connectivity index (χ1n) is 9.76. The van der Waals surface area contributed by atoms with E-state index in [1.54, 1.807) is 23.1 Å². The molecule has 0 radical (unpaired) electrons. The third-order valence-corrected chi connectivity index (χ3v) is 5.35. The zero-order valence-corrected chi connectivity index (χ0v) is 16.3. The fourth-order valence-corrected chi connectivity index (χ4v) is 3.54. The molecule has 1 aliphatic heterocycles. The van der Waals surface area contributed by atoms with Crippen LogP contribution in [0.1, 0.15) is 24.4 Å². The van der Waals surface area contributed by atoms with Crippen LogP contribution in [0.15, 0.2) is 59.1 Å². The van der Waals surface area contributed by atoms with E-state index in [1.165, 1.54) is 6.07 Å². The summed E-state index contributed by atoms with van der Waals surface area (Å²) < 4.78 is 19.3. The highest BCUT2D eigenvalue weighted by Crippen LogP contribution is 2.23. The topological polar surface area (TPSA) is 62.5 Å². The zero-order chi connectivity index (χ0) is 20.2. The maximum Gasteiger partial charge on any atom is 0.244 e.